The molecule has 1 aliphatic rings. The summed E-state index contributed by atoms with van der Waals surface area (Å²) in [5.74, 6) is 0.781. The van der Waals surface area contributed by atoms with Crippen molar-refractivity contribution in [1.29, 1.82) is 0 Å². The highest BCUT2D eigenvalue weighted by Crippen LogP contribution is 2.29. The minimum Gasteiger partial charge on any atom is -0.491 e. The summed E-state index contributed by atoms with van der Waals surface area (Å²) in [7, 11) is 1.64. The number of carbonyl (C=O) groups excluding carboxylic acids is 1. The average molecular weight is 297 g/mol. The third-order valence-electron chi connectivity index (χ3n) is 3.79. The van der Waals surface area contributed by atoms with Crippen molar-refractivity contribution in [3.63, 3.8) is 0 Å². The van der Waals surface area contributed by atoms with Crippen LogP contribution in [0.25, 0.3) is 0 Å². The number of para-hydroxylation sites is 1. The Morgan fingerprint density at radius 1 is 1.09 bits per heavy atom. The largest absolute Gasteiger partial charge is 0.491 e. The molecule has 4 nitrogen and oxygen atoms in total. The summed E-state index contributed by atoms with van der Waals surface area (Å²) in [5.41, 5.74) is 2.93. The van der Waals surface area contributed by atoms with Crippen LogP contribution in [0.5, 0.6) is 5.75 Å². The second-order valence-electron chi connectivity index (χ2n) is 5.20. The standard InChI is InChI=1S/C18H19NO3/c1-21-12-13-22-16-8-6-15(7-9-16)18(20)19-11-10-14-4-2-3-5-17(14)19/h2-9H,10-13H2,1H3. The summed E-state index contributed by atoms with van der Waals surface area (Å²) in [4.78, 5) is 14.5. The van der Waals surface area contributed by atoms with Gasteiger partial charge in [0.2, 0.25) is 0 Å². The fourth-order valence-electron chi connectivity index (χ4n) is 2.64. The molecule has 114 valence electrons. The van der Waals surface area contributed by atoms with E-state index in [1.54, 1.807) is 7.11 Å². The lowest BCUT2D eigenvalue weighted by Crippen LogP contribution is -2.28. The lowest BCUT2D eigenvalue weighted by Gasteiger charge is -2.17. The van der Waals surface area contributed by atoms with Gasteiger partial charge >= 0.3 is 0 Å². The molecule has 1 amide bonds. The second-order valence-corrected chi connectivity index (χ2v) is 5.20. The Morgan fingerprint density at radius 3 is 2.64 bits per heavy atom. The number of anilines is 1. The maximum atomic E-state index is 12.6. The van der Waals surface area contributed by atoms with Gasteiger partial charge in [0.1, 0.15) is 12.4 Å². The van der Waals surface area contributed by atoms with Gasteiger partial charge in [-0.2, -0.15) is 0 Å². The van der Waals surface area contributed by atoms with Gasteiger partial charge in [0.05, 0.1) is 6.61 Å². The zero-order chi connectivity index (χ0) is 15.4. The maximum absolute atomic E-state index is 12.6. The summed E-state index contributed by atoms with van der Waals surface area (Å²) < 4.78 is 10.5. The number of benzene rings is 2. The van der Waals surface area contributed by atoms with Crippen molar-refractivity contribution >= 4 is 11.6 Å². The van der Waals surface area contributed by atoms with Crippen molar-refractivity contribution in [1.82, 2.24) is 0 Å². The summed E-state index contributed by atoms with van der Waals surface area (Å²) >= 11 is 0. The Labute approximate surface area is 130 Å². The van der Waals surface area contributed by atoms with Crippen molar-refractivity contribution < 1.29 is 14.3 Å². The van der Waals surface area contributed by atoms with Crippen LogP contribution < -0.4 is 9.64 Å². The molecule has 0 radical (unpaired) electrons. The van der Waals surface area contributed by atoms with Crippen LogP contribution in [-0.4, -0.2) is 32.8 Å². The maximum Gasteiger partial charge on any atom is 0.258 e. The van der Waals surface area contributed by atoms with Crippen molar-refractivity contribution in [3.05, 3.63) is 59.7 Å². The van der Waals surface area contributed by atoms with Gasteiger partial charge < -0.3 is 14.4 Å². The van der Waals surface area contributed by atoms with Gasteiger partial charge in [-0.1, -0.05) is 18.2 Å². The van der Waals surface area contributed by atoms with Gasteiger partial charge in [-0.05, 0) is 42.3 Å². The summed E-state index contributed by atoms with van der Waals surface area (Å²) in [6.45, 7) is 1.79. The predicted octanol–water partition coefficient (Wildman–Crippen LogP) is 2.91. The summed E-state index contributed by atoms with van der Waals surface area (Å²) in [6, 6.07) is 15.3. The van der Waals surface area contributed by atoms with Gasteiger partial charge in [0, 0.05) is 24.9 Å². The van der Waals surface area contributed by atoms with E-state index in [0.29, 0.717) is 18.8 Å². The second kappa shape index (κ2) is 6.62. The Morgan fingerprint density at radius 2 is 1.86 bits per heavy atom. The monoisotopic (exact) mass is 297 g/mol. The number of carbonyl (C=O) groups is 1. The molecule has 0 aliphatic carbocycles. The molecule has 4 heteroatoms. The van der Waals surface area contributed by atoms with Crippen molar-refractivity contribution in [3.8, 4) is 5.75 Å². The van der Waals surface area contributed by atoms with Gasteiger partial charge in [0.25, 0.3) is 5.91 Å². The number of fused-ring (bicyclic) bond motifs is 1. The molecular formula is C18H19NO3. The first kappa shape index (κ1) is 14.6. The molecule has 0 unspecified atom stereocenters. The van der Waals surface area contributed by atoms with Gasteiger partial charge in [-0.15, -0.1) is 0 Å². The summed E-state index contributed by atoms with van der Waals surface area (Å²) in [6.07, 6.45) is 0.917. The SMILES string of the molecule is COCCOc1ccc(C(=O)N2CCc3ccccc32)cc1. The van der Waals surface area contributed by atoms with E-state index in [9.17, 15) is 4.79 Å². The molecule has 0 saturated carbocycles. The predicted molar refractivity (Wildman–Crippen MR) is 85.6 cm³/mol. The van der Waals surface area contributed by atoms with Crippen molar-refractivity contribution in [2.24, 2.45) is 0 Å². The Bertz CT molecular complexity index is 652. The fourth-order valence-corrected chi connectivity index (χ4v) is 2.64. The first-order chi connectivity index (χ1) is 10.8. The van der Waals surface area contributed by atoms with Gasteiger partial charge in [0.15, 0.2) is 0 Å². The third kappa shape index (κ3) is 2.97. The summed E-state index contributed by atoms with van der Waals surface area (Å²) in [5, 5.41) is 0. The molecule has 1 aliphatic heterocycles. The van der Waals surface area contributed by atoms with Crippen LogP contribution in [0, 0.1) is 0 Å². The highest BCUT2D eigenvalue weighted by atomic mass is 16.5. The Kier molecular flexibility index (Phi) is 4.39. The van der Waals surface area contributed by atoms with Gasteiger partial charge in [-0.3, -0.25) is 4.79 Å². The Balaban J connectivity index is 1.71. The minimum absolute atomic E-state index is 0.0355. The van der Waals surface area contributed by atoms with Crippen LogP contribution in [0.15, 0.2) is 48.5 Å². The molecule has 0 fully saturated rings. The van der Waals surface area contributed by atoms with Gasteiger partial charge in [-0.25, -0.2) is 0 Å². The molecule has 2 aromatic carbocycles. The fraction of sp³-hybridized carbons (Fsp3) is 0.278. The molecule has 0 aromatic heterocycles. The number of nitrogens with zero attached hydrogens (tertiary/aromatic N) is 1. The molecule has 0 saturated heterocycles. The molecule has 0 spiro atoms. The zero-order valence-electron chi connectivity index (χ0n) is 12.6. The lowest BCUT2D eigenvalue weighted by atomic mass is 10.1. The molecule has 0 N–H and O–H groups in total. The van der Waals surface area contributed by atoms with Crippen LogP contribution in [-0.2, 0) is 11.2 Å². The van der Waals surface area contributed by atoms with E-state index >= 15 is 0 Å². The number of methoxy groups -OCH3 is 1. The normalized spacial score (nSPS) is 13.0. The Hall–Kier alpha value is -2.33. The molecule has 22 heavy (non-hydrogen) atoms. The van der Waals surface area contributed by atoms with Crippen molar-refractivity contribution in [2.75, 3.05) is 31.8 Å². The average Bonchev–Trinajstić information content (AvgIpc) is 2.99. The van der Waals surface area contributed by atoms with Crippen LogP contribution in [0.3, 0.4) is 0 Å². The molecule has 2 aromatic rings. The van der Waals surface area contributed by atoms with Crippen LogP contribution in [0.1, 0.15) is 15.9 Å². The molecule has 1 heterocycles. The number of ether oxygens (including phenoxy) is 2. The quantitative estimate of drug-likeness (QED) is 0.797. The van der Waals surface area contributed by atoms with E-state index in [0.717, 1.165) is 24.4 Å². The highest BCUT2D eigenvalue weighted by molar-refractivity contribution is 6.07. The van der Waals surface area contributed by atoms with E-state index in [2.05, 4.69) is 6.07 Å². The third-order valence-corrected chi connectivity index (χ3v) is 3.79. The van der Waals surface area contributed by atoms with Crippen LogP contribution >= 0.6 is 0 Å². The number of hydrogen-bond donors (Lipinski definition) is 0. The van der Waals surface area contributed by atoms with Crippen molar-refractivity contribution in [2.45, 2.75) is 6.42 Å². The smallest absolute Gasteiger partial charge is 0.258 e. The lowest BCUT2D eigenvalue weighted by molar-refractivity contribution is 0.0989. The first-order valence-corrected chi connectivity index (χ1v) is 7.41. The highest BCUT2D eigenvalue weighted by Gasteiger charge is 2.24. The number of amides is 1. The van der Waals surface area contributed by atoms with E-state index < -0.39 is 0 Å². The molecule has 3 rings (SSSR count). The topological polar surface area (TPSA) is 38.8 Å². The van der Waals surface area contributed by atoms with E-state index in [-0.39, 0.29) is 5.91 Å². The number of rotatable bonds is 5. The van der Waals surface area contributed by atoms with E-state index in [1.165, 1.54) is 5.56 Å². The van der Waals surface area contributed by atoms with E-state index in [1.807, 2.05) is 47.4 Å². The first-order valence-electron chi connectivity index (χ1n) is 7.41. The van der Waals surface area contributed by atoms with E-state index in [4.69, 9.17) is 9.47 Å². The molecule has 0 atom stereocenters. The molecular weight excluding hydrogens is 278 g/mol. The van der Waals surface area contributed by atoms with Crippen LogP contribution in [0.4, 0.5) is 5.69 Å². The van der Waals surface area contributed by atoms with Crippen LogP contribution in [0.2, 0.25) is 0 Å². The number of hydrogen-bond acceptors (Lipinski definition) is 3. The molecule has 0 bridgehead atoms. The minimum atomic E-state index is 0.0355. The zero-order valence-corrected chi connectivity index (χ0v) is 12.6.